The first-order valence-electron chi connectivity index (χ1n) is 12.4. The molecule has 3 atom stereocenters. The van der Waals surface area contributed by atoms with Crippen molar-refractivity contribution in [3.8, 4) is 40.0 Å². The average Bonchev–Trinajstić information content (AvgIpc) is 3.67. The molecule has 2 saturated heterocycles. The molecule has 35 heavy (non-hydrogen) atoms. The molecule has 0 radical (unpaired) electrons. The Kier molecular flexibility index (Phi) is 4.93. The molecule has 180 valence electrons. The third-order valence-corrected chi connectivity index (χ3v) is 7.44. The molecule has 10 heteroatoms. The lowest BCUT2D eigenvalue weighted by molar-refractivity contribution is 0.162. The van der Waals surface area contributed by atoms with Crippen LogP contribution in [0.25, 0.3) is 22.6 Å². The van der Waals surface area contributed by atoms with Crippen LogP contribution in [0, 0.1) is 0 Å². The number of hydrogen-bond donors (Lipinski definition) is 2. The van der Waals surface area contributed by atoms with E-state index < -0.39 is 0 Å². The van der Waals surface area contributed by atoms with Crippen LogP contribution in [0.4, 0.5) is 5.82 Å². The van der Waals surface area contributed by atoms with Gasteiger partial charge >= 0.3 is 0 Å². The third kappa shape index (κ3) is 3.91. The SMILES string of the molecule is Oc1cc(-c2cc3c(nn2)OCCO3)ccc1-c1ncc(N(C2CC2)[C@@H]2C[C@H]3CC[C@@H](C2)N3)nn1. The molecule has 10 nitrogen and oxygen atoms in total. The normalized spacial score (nSPS) is 24.9. The zero-order valence-electron chi connectivity index (χ0n) is 19.3. The van der Waals surface area contributed by atoms with Gasteiger partial charge in [-0.25, -0.2) is 4.98 Å². The van der Waals surface area contributed by atoms with Crippen LogP contribution in [0.2, 0.25) is 0 Å². The van der Waals surface area contributed by atoms with E-state index in [1.165, 1.54) is 25.7 Å². The molecule has 0 spiro atoms. The number of fused-ring (bicyclic) bond motifs is 3. The molecule has 4 aliphatic rings. The maximum atomic E-state index is 10.8. The Hall–Kier alpha value is -3.53. The maximum absolute atomic E-state index is 10.8. The highest BCUT2D eigenvalue weighted by atomic mass is 16.6. The Morgan fingerprint density at radius 3 is 2.46 bits per heavy atom. The first-order valence-corrected chi connectivity index (χ1v) is 12.4. The molecule has 7 rings (SSSR count). The Morgan fingerprint density at radius 1 is 0.886 bits per heavy atom. The van der Waals surface area contributed by atoms with Crippen LogP contribution < -0.4 is 19.7 Å². The fourth-order valence-corrected chi connectivity index (χ4v) is 5.67. The van der Waals surface area contributed by atoms with Gasteiger partial charge in [0.2, 0.25) is 0 Å². The van der Waals surface area contributed by atoms with Crippen molar-refractivity contribution in [1.82, 2.24) is 30.7 Å². The van der Waals surface area contributed by atoms with Crippen molar-refractivity contribution in [2.75, 3.05) is 18.1 Å². The summed E-state index contributed by atoms with van der Waals surface area (Å²) in [6.07, 6.45) is 9.07. The number of rotatable bonds is 5. The van der Waals surface area contributed by atoms with Gasteiger partial charge in [-0.05, 0) is 50.7 Å². The fraction of sp³-hybridized carbons (Fsp3) is 0.480. The number of phenols is 1. The van der Waals surface area contributed by atoms with Gasteiger partial charge in [-0.15, -0.1) is 20.4 Å². The number of aromatic nitrogens is 5. The summed E-state index contributed by atoms with van der Waals surface area (Å²) >= 11 is 0. The van der Waals surface area contributed by atoms with E-state index in [1.54, 1.807) is 18.2 Å². The maximum Gasteiger partial charge on any atom is 0.276 e. The van der Waals surface area contributed by atoms with Crippen molar-refractivity contribution in [2.24, 2.45) is 0 Å². The van der Waals surface area contributed by atoms with Crippen molar-refractivity contribution in [3.05, 3.63) is 30.5 Å². The molecule has 3 aliphatic heterocycles. The van der Waals surface area contributed by atoms with Crippen LogP contribution in [0.1, 0.15) is 38.5 Å². The quantitative estimate of drug-likeness (QED) is 0.572. The van der Waals surface area contributed by atoms with Crippen LogP contribution in [0.5, 0.6) is 17.4 Å². The highest BCUT2D eigenvalue weighted by Crippen LogP contribution is 2.39. The highest BCUT2D eigenvalue weighted by molar-refractivity contribution is 5.72. The van der Waals surface area contributed by atoms with Gasteiger partial charge in [0.25, 0.3) is 5.88 Å². The Morgan fingerprint density at radius 2 is 1.71 bits per heavy atom. The Bertz CT molecular complexity index is 1240. The minimum Gasteiger partial charge on any atom is -0.507 e. The van der Waals surface area contributed by atoms with Crippen LogP contribution in [0.3, 0.4) is 0 Å². The predicted molar refractivity (Wildman–Crippen MR) is 127 cm³/mol. The first kappa shape index (κ1) is 20.8. The van der Waals surface area contributed by atoms with Gasteiger partial charge in [0.1, 0.15) is 19.0 Å². The van der Waals surface area contributed by atoms with Gasteiger partial charge in [0.05, 0.1) is 17.5 Å². The summed E-state index contributed by atoms with van der Waals surface area (Å²) in [6, 6.07) is 9.30. The standard InChI is InChI=1S/C25H27N7O3/c33-21-9-14(20-12-22-25(31-28-20)35-8-7-34-22)1-6-19(21)24-26-13-23(29-30-24)32(17-4-5-17)18-10-15-2-3-16(11-18)27-15/h1,6,9,12-13,15-18,27,33H,2-5,7-8,10-11H2/t15-,16+,18-. The molecule has 5 heterocycles. The van der Waals surface area contributed by atoms with Crippen LogP contribution in [-0.4, -0.2) is 67.9 Å². The topological polar surface area (TPSA) is 118 Å². The number of aromatic hydroxyl groups is 1. The van der Waals surface area contributed by atoms with E-state index in [-0.39, 0.29) is 5.75 Å². The number of piperidine rings is 1. The molecule has 2 N–H and O–H groups in total. The average molecular weight is 474 g/mol. The van der Waals surface area contributed by atoms with Crippen molar-refractivity contribution in [3.63, 3.8) is 0 Å². The second-order valence-electron chi connectivity index (χ2n) is 9.87. The van der Waals surface area contributed by atoms with Gasteiger partial charge in [-0.1, -0.05) is 6.07 Å². The van der Waals surface area contributed by atoms with Crippen molar-refractivity contribution < 1.29 is 14.6 Å². The van der Waals surface area contributed by atoms with Crippen LogP contribution >= 0.6 is 0 Å². The molecular formula is C25H27N7O3. The summed E-state index contributed by atoms with van der Waals surface area (Å²) < 4.78 is 11.0. The molecule has 2 aromatic heterocycles. The first-order chi connectivity index (χ1) is 17.2. The van der Waals surface area contributed by atoms with E-state index in [4.69, 9.17) is 9.47 Å². The molecular weight excluding hydrogens is 446 g/mol. The Balaban J connectivity index is 1.13. The van der Waals surface area contributed by atoms with E-state index in [2.05, 4.69) is 35.6 Å². The van der Waals surface area contributed by atoms with Crippen molar-refractivity contribution in [1.29, 1.82) is 0 Å². The highest BCUT2D eigenvalue weighted by Gasteiger charge is 2.41. The predicted octanol–water partition coefficient (Wildman–Crippen LogP) is 2.72. The van der Waals surface area contributed by atoms with E-state index in [0.717, 1.165) is 18.7 Å². The summed E-state index contributed by atoms with van der Waals surface area (Å²) in [4.78, 5) is 7.05. The zero-order chi connectivity index (χ0) is 23.4. The summed E-state index contributed by atoms with van der Waals surface area (Å²) in [5, 5.41) is 31.7. The zero-order valence-corrected chi connectivity index (χ0v) is 19.3. The molecule has 0 amide bonds. The van der Waals surface area contributed by atoms with Crippen LogP contribution in [-0.2, 0) is 0 Å². The summed E-state index contributed by atoms with van der Waals surface area (Å²) in [6.45, 7) is 0.931. The Labute approximate surface area is 202 Å². The summed E-state index contributed by atoms with van der Waals surface area (Å²) in [5.41, 5.74) is 1.82. The number of hydrogen-bond acceptors (Lipinski definition) is 10. The largest absolute Gasteiger partial charge is 0.507 e. The van der Waals surface area contributed by atoms with Gasteiger partial charge in [-0.2, -0.15) is 0 Å². The molecule has 1 aromatic carbocycles. The number of anilines is 1. The van der Waals surface area contributed by atoms with Gasteiger partial charge in [0, 0.05) is 35.8 Å². The van der Waals surface area contributed by atoms with Crippen molar-refractivity contribution >= 4 is 5.82 Å². The second-order valence-corrected chi connectivity index (χ2v) is 9.87. The minimum atomic E-state index is 0.0581. The lowest BCUT2D eigenvalue weighted by Crippen LogP contribution is -2.49. The summed E-state index contributed by atoms with van der Waals surface area (Å²) in [5.74, 6) is 2.23. The van der Waals surface area contributed by atoms with E-state index in [9.17, 15) is 5.11 Å². The molecule has 1 aliphatic carbocycles. The monoisotopic (exact) mass is 473 g/mol. The minimum absolute atomic E-state index is 0.0581. The lowest BCUT2D eigenvalue weighted by atomic mass is 9.98. The number of nitrogens with zero attached hydrogens (tertiary/aromatic N) is 6. The van der Waals surface area contributed by atoms with E-state index in [1.807, 2.05) is 12.3 Å². The van der Waals surface area contributed by atoms with Gasteiger partial charge in [-0.3, -0.25) is 0 Å². The fourth-order valence-electron chi connectivity index (χ4n) is 5.67. The van der Waals surface area contributed by atoms with Crippen molar-refractivity contribution in [2.45, 2.75) is 62.7 Å². The third-order valence-electron chi connectivity index (χ3n) is 7.44. The lowest BCUT2D eigenvalue weighted by Gasteiger charge is -2.38. The molecule has 1 saturated carbocycles. The number of phenolic OH excluding ortho intramolecular Hbond substituents is 1. The molecule has 3 aromatic rings. The molecule has 2 bridgehead atoms. The van der Waals surface area contributed by atoms with E-state index in [0.29, 0.717) is 71.7 Å². The number of benzene rings is 1. The van der Waals surface area contributed by atoms with E-state index >= 15 is 0 Å². The molecule has 0 unspecified atom stereocenters. The molecule has 3 fully saturated rings. The number of nitrogens with one attached hydrogen (secondary N) is 1. The smallest absolute Gasteiger partial charge is 0.276 e. The van der Waals surface area contributed by atoms with Gasteiger partial charge in [0.15, 0.2) is 17.4 Å². The second kappa shape index (κ2) is 8.30. The number of ether oxygens (including phenoxy) is 2. The summed E-state index contributed by atoms with van der Waals surface area (Å²) in [7, 11) is 0. The van der Waals surface area contributed by atoms with Crippen LogP contribution in [0.15, 0.2) is 30.5 Å². The van der Waals surface area contributed by atoms with Gasteiger partial charge < -0.3 is 24.8 Å².